The average Bonchev–Trinajstić information content (AvgIpc) is 2.17. The number of thioether (sulfide) groups is 1. The largest absolute Gasteiger partial charge is 0.370 e. The van der Waals surface area contributed by atoms with Gasteiger partial charge in [-0.1, -0.05) is 13.8 Å². The van der Waals surface area contributed by atoms with Crippen LogP contribution in [0.5, 0.6) is 0 Å². The Bertz CT molecular complexity index is 315. The molecule has 1 rings (SSSR count). The standard InChI is InChI=1S/C11H19N3S/c1-5-8(3)15-11-7-10(12-6-2)13-9(4)14-11/h7-8H,5-6H2,1-4H3,(H,12,13,14). The molecule has 0 saturated heterocycles. The minimum absolute atomic E-state index is 0.605. The van der Waals surface area contributed by atoms with Crippen LogP contribution in [0.25, 0.3) is 0 Å². The fourth-order valence-corrected chi connectivity index (χ4v) is 2.11. The summed E-state index contributed by atoms with van der Waals surface area (Å²) >= 11 is 1.81. The minimum Gasteiger partial charge on any atom is -0.370 e. The van der Waals surface area contributed by atoms with E-state index >= 15 is 0 Å². The predicted octanol–water partition coefficient (Wildman–Crippen LogP) is 3.11. The molecule has 1 aromatic heterocycles. The second-order valence-electron chi connectivity index (χ2n) is 3.51. The SMILES string of the molecule is CCNc1cc(SC(C)CC)nc(C)n1. The summed E-state index contributed by atoms with van der Waals surface area (Å²) in [6, 6.07) is 2.02. The van der Waals surface area contributed by atoms with Crippen molar-refractivity contribution in [2.24, 2.45) is 0 Å². The minimum atomic E-state index is 0.605. The van der Waals surface area contributed by atoms with E-state index in [0.717, 1.165) is 29.6 Å². The zero-order valence-corrected chi connectivity index (χ0v) is 10.7. The Kier molecular flexibility index (Phi) is 4.88. The molecule has 3 nitrogen and oxygen atoms in total. The van der Waals surface area contributed by atoms with Crippen LogP contribution in [0, 0.1) is 6.92 Å². The summed E-state index contributed by atoms with van der Waals surface area (Å²) in [5, 5.41) is 4.88. The van der Waals surface area contributed by atoms with Gasteiger partial charge in [-0.05, 0) is 20.3 Å². The molecule has 0 fully saturated rings. The molecule has 0 radical (unpaired) electrons. The van der Waals surface area contributed by atoms with Gasteiger partial charge in [-0.2, -0.15) is 0 Å². The van der Waals surface area contributed by atoms with Crippen molar-refractivity contribution in [1.82, 2.24) is 9.97 Å². The van der Waals surface area contributed by atoms with Gasteiger partial charge in [0.2, 0.25) is 0 Å². The summed E-state index contributed by atoms with van der Waals surface area (Å²) in [6.45, 7) is 9.30. The number of hydrogen-bond acceptors (Lipinski definition) is 4. The number of rotatable bonds is 5. The van der Waals surface area contributed by atoms with Gasteiger partial charge in [-0.3, -0.25) is 0 Å². The number of aryl methyl sites for hydroxylation is 1. The van der Waals surface area contributed by atoms with Crippen LogP contribution >= 0.6 is 11.8 Å². The molecule has 1 aromatic rings. The molecular weight excluding hydrogens is 206 g/mol. The molecule has 1 atom stereocenters. The highest BCUT2D eigenvalue weighted by Crippen LogP contribution is 2.24. The third kappa shape index (κ3) is 4.08. The van der Waals surface area contributed by atoms with Gasteiger partial charge in [0.25, 0.3) is 0 Å². The van der Waals surface area contributed by atoms with E-state index in [1.54, 1.807) is 11.8 Å². The highest BCUT2D eigenvalue weighted by molar-refractivity contribution is 7.99. The Labute approximate surface area is 96.1 Å². The van der Waals surface area contributed by atoms with Crippen molar-refractivity contribution in [3.8, 4) is 0 Å². The number of nitrogens with one attached hydrogen (secondary N) is 1. The number of aromatic nitrogens is 2. The van der Waals surface area contributed by atoms with Crippen molar-refractivity contribution in [1.29, 1.82) is 0 Å². The number of nitrogens with zero attached hydrogens (tertiary/aromatic N) is 2. The lowest BCUT2D eigenvalue weighted by Gasteiger charge is -2.09. The second-order valence-corrected chi connectivity index (χ2v) is 4.96. The molecule has 0 bridgehead atoms. The van der Waals surface area contributed by atoms with Crippen LogP contribution in [0.15, 0.2) is 11.1 Å². The van der Waals surface area contributed by atoms with E-state index in [4.69, 9.17) is 0 Å². The molecule has 1 heterocycles. The monoisotopic (exact) mass is 225 g/mol. The Morgan fingerprint density at radius 1 is 1.40 bits per heavy atom. The predicted molar refractivity (Wildman–Crippen MR) is 66.5 cm³/mol. The summed E-state index contributed by atoms with van der Waals surface area (Å²) < 4.78 is 0. The maximum Gasteiger partial charge on any atom is 0.130 e. The van der Waals surface area contributed by atoms with Gasteiger partial charge >= 0.3 is 0 Å². The first-order chi connectivity index (χ1) is 7.15. The second kappa shape index (κ2) is 5.95. The molecule has 15 heavy (non-hydrogen) atoms. The van der Waals surface area contributed by atoms with E-state index in [1.807, 2.05) is 13.0 Å². The van der Waals surface area contributed by atoms with E-state index in [9.17, 15) is 0 Å². The van der Waals surface area contributed by atoms with Crippen molar-refractivity contribution in [3.05, 3.63) is 11.9 Å². The lowest BCUT2D eigenvalue weighted by Crippen LogP contribution is -2.03. The molecular formula is C11H19N3S. The van der Waals surface area contributed by atoms with Crippen molar-refractivity contribution in [2.75, 3.05) is 11.9 Å². The fourth-order valence-electron chi connectivity index (χ4n) is 1.16. The van der Waals surface area contributed by atoms with E-state index in [1.165, 1.54) is 0 Å². The smallest absolute Gasteiger partial charge is 0.130 e. The summed E-state index contributed by atoms with van der Waals surface area (Å²) in [5.74, 6) is 1.76. The first kappa shape index (κ1) is 12.3. The fraction of sp³-hybridized carbons (Fsp3) is 0.636. The van der Waals surface area contributed by atoms with Gasteiger partial charge in [0, 0.05) is 17.9 Å². The summed E-state index contributed by atoms with van der Waals surface area (Å²) in [6.07, 6.45) is 1.16. The van der Waals surface area contributed by atoms with Crippen LogP contribution in [0.2, 0.25) is 0 Å². The van der Waals surface area contributed by atoms with Gasteiger partial charge in [-0.25, -0.2) is 9.97 Å². The van der Waals surface area contributed by atoms with Crippen molar-refractivity contribution in [2.45, 2.75) is 44.4 Å². The van der Waals surface area contributed by atoms with Crippen LogP contribution < -0.4 is 5.32 Å². The van der Waals surface area contributed by atoms with Gasteiger partial charge in [-0.15, -0.1) is 11.8 Å². The number of anilines is 1. The lowest BCUT2D eigenvalue weighted by molar-refractivity contribution is 0.893. The third-order valence-electron chi connectivity index (χ3n) is 2.07. The molecule has 84 valence electrons. The van der Waals surface area contributed by atoms with Crippen LogP contribution in [-0.4, -0.2) is 21.8 Å². The molecule has 0 saturated carbocycles. The van der Waals surface area contributed by atoms with E-state index in [2.05, 4.69) is 36.1 Å². The van der Waals surface area contributed by atoms with Gasteiger partial charge in [0.15, 0.2) is 0 Å². The average molecular weight is 225 g/mol. The normalized spacial score (nSPS) is 12.5. The van der Waals surface area contributed by atoms with Crippen molar-refractivity contribution < 1.29 is 0 Å². The first-order valence-electron chi connectivity index (χ1n) is 5.41. The van der Waals surface area contributed by atoms with Crippen LogP contribution in [0.1, 0.15) is 33.0 Å². The summed E-state index contributed by atoms with van der Waals surface area (Å²) in [5.41, 5.74) is 0. The molecule has 0 aromatic carbocycles. The van der Waals surface area contributed by atoms with Gasteiger partial charge < -0.3 is 5.32 Å². The molecule has 0 aliphatic rings. The van der Waals surface area contributed by atoms with E-state index in [-0.39, 0.29) is 0 Å². The lowest BCUT2D eigenvalue weighted by atomic mass is 10.4. The van der Waals surface area contributed by atoms with Gasteiger partial charge in [0.05, 0.1) is 0 Å². The Morgan fingerprint density at radius 3 is 2.73 bits per heavy atom. The molecule has 0 aliphatic heterocycles. The van der Waals surface area contributed by atoms with Crippen LogP contribution in [0.3, 0.4) is 0 Å². The number of hydrogen-bond donors (Lipinski definition) is 1. The highest BCUT2D eigenvalue weighted by atomic mass is 32.2. The first-order valence-corrected chi connectivity index (χ1v) is 6.29. The third-order valence-corrected chi connectivity index (χ3v) is 3.26. The van der Waals surface area contributed by atoms with Crippen LogP contribution in [-0.2, 0) is 0 Å². The van der Waals surface area contributed by atoms with E-state index in [0.29, 0.717) is 5.25 Å². The molecule has 0 amide bonds. The zero-order valence-electron chi connectivity index (χ0n) is 9.87. The summed E-state index contributed by atoms with van der Waals surface area (Å²) in [7, 11) is 0. The Morgan fingerprint density at radius 2 is 2.13 bits per heavy atom. The molecule has 0 aliphatic carbocycles. The maximum atomic E-state index is 4.42. The molecule has 4 heteroatoms. The van der Waals surface area contributed by atoms with Crippen molar-refractivity contribution >= 4 is 17.6 Å². The maximum absolute atomic E-state index is 4.42. The summed E-state index contributed by atoms with van der Waals surface area (Å²) in [4.78, 5) is 8.74. The molecule has 1 unspecified atom stereocenters. The van der Waals surface area contributed by atoms with E-state index < -0.39 is 0 Å². The topological polar surface area (TPSA) is 37.8 Å². The molecule has 1 N–H and O–H groups in total. The quantitative estimate of drug-likeness (QED) is 0.617. The van der Waals surface area contributed by atoms with Gasteiger partial charge in [0.1, 0.15) is 16.7 Å². The highest BCUT2D eigenvalue weighted by Gasteiger charge is 2.05. The molecule has 0 spiro atoms. The van der Waals surface area contributed by atoms with Crippen molar-refractivity contribution in [3.63, 3.8) is 0 Å². The zero-order chi connectivity index (χ0) is 11.3. The Balaban J connectivity index is 2.78. The Hall–Kier alpha value is -0.770. The van der Waals surface area contributed by atoms with Crippen LogP contribution in [0.4, 0.5) is 5.82 Å².